The largest absolute Gasteiger partial charge is 0.371 e. The van der Waals surface area contributed by atoms with Gasteiger partial charge in [0.25, 0.3) is 5.91 Å². The maximum absolute atomic E-state index is 11.1. The number of amides is 1. The van der Waals surface area contributed by atoms with Gasteiger partial charge >= 0.3 is 7.60 Å². The molecule has 0 aliphatic carbocycles. The molecule has 0 aromatic rings. The third-order valence-electron chi connectivity index (χ3n) is 2.17. The first-order chi connectivity index (χ1) is 5.70. The van der Waals surface area contributed by atoms with Crippen molar-refractivity contribution in [2.24, 2.45) is 0 Å². The number of carbonyl (C=O) groups excluding carboxylic acids is 1. The Kier molecular flexibility index (Phi) is 2.26. The normalized spacial score (nSPS) is 35.6. The number of aliphatic hydroxyl groups excluding tert-OH is 1. The predicted octanol–water partition coefficient (Wildman–Crippen LogP) is -1.14. The van der Waals surface area contributed by atoms with Crippen molar-refractivity contribution in [1.29, 1.82) is 0 Å². The van der Waals surface area contributed by atoms with Gasteiger partial charge in [-0.1, -0.05) is 0 Å². The fraction of sp³-hybridized carbons (Fsp3) is 0.800. The van der Waals surface area contributed by atoms with Crippen LogP contribution in [0.1, 0.15) is 13.3 Å². The molecule has 76 valence electrons. The molecule has 0 radical (unpaired) electrons. The molecule has 1 heterocycles. The van der Waals surface area contributed by atoms with Crippen molar-refractivity contribution >= 4 is 13.5 Å². The van der Waals surface area contributed by atoms with Crippen LogP contribution >= 0.6 is 7.60 Å². The van der Waals surface area contributed by atoms with E-state index in [2.05, 4.69) is 0 Å². The molecular weight excluding hydrogens is 201 g/mol. The summed E-state index contributed by atoms with van der Waals surface area (Å²) < 4.78 is 10.9. The van der Waals surface area contributed by atoms with E-state index in [-0.39, 0.29) is 5.06 Å². The third-order valence-corrected chi connectivity index (χ3v) is 3.83. The van der Waals surface area contributed by atoms with Gasteiger partial charge in [-0.15, -0.1) is 0 Å². The van der Waals surface area contributed by atoms with Gasteiger partial charge in [0.05, 0.1) is 0 Å². The smallest absolute Gasteiger partial charge is 0.341 e. The lowest BCUT2D eigenvalue weighted by Gasteiger charge is -2.21. The summed E-state index contributed by atoms with van der Waals surface area (Å²) in [6, 6.07) is 0. The summed E-state index contributed by atoms with van der Waals surface area (Å²) in [5, 5.41) is 15.8. The van der Waals surface area contributed by atoms with Crippen molar-refractivity contribution in [1.82, 2.24) is 5.06 Å². The highest BCUT2D eigenvalue weighted by Gasteiger charge is 2.58. The molecule has 0 spiro atoms. The standard InChI is InChI=1S/C5H10NO6P/c1-5(13(10,11)12)2-3(7)6(9)4(5)8/h3,7,9H,2H2,1H3,(H2,10,11,12)/t3-,5-/m0/s1. The first kappa shape index (κ1) is 10.6. The van der Waals surface area contributed by atoms with Gasteiger partial charge in [-0.3, -0.25) is 14.6 Å². The Morgan fingerprint density at radius 1 is 1.62 bits per heavy atom. The van der Waals surface area contributed by atoms with Gasteiger partial charge in [0.15, 0.2) is 11.4 Å². The number of rotatable bonds is 1. The second-order valence-corrected chi connectivity index (χ2v) is 5.23. The lowest BCUT2D eigenvalue weighted by molar-refractivity contribution is -0.190. The van der Waals surface area contributed by atoms with E-state index in [0.717, 1.165) is 6.92 Å². The van der Waals surface area contributed by atoms with Crippen LogP contribution in [-0.4, -0.2) is 42.5 Å². The minimum atomic E-state index is -4.67. The molecule has 1 aliphatic rings. The monoisotopic (exact) mass is 211 g/mol. The van der Waals surface area contributed by atoms with Gasteiger partial charge in [0, 0.05) is 6.42 Å². The van der Waals surface area contributed by atoms with E-state index >= 15 is 0 Å². The van der Waals surface area contributed by atoms with Crippen molar-refractivity contribution in [2.45, 2.75) is 24.7 Å². The third kappa shape index (κ3) is 1.38. The Bertz CT molecular complexity index is 287. The van der Waals surface area contributed by atoms with Gasteiger partial charge in [-0.2, -0.15) is 5.06 Å². The Balaban J connectivity index is 3.09. The van der Waals surface area contributed by atoms with Crippen LogP contribution in [0.3, 0.4) is 0 Å². The molecule has 1 fully saturated rings. The summed E-state index contributed by atoms with van der Waals surface area (Å²) in [4.78, 5) is 28.8. The van der Waals surface area contributed by atoms with Crippen LogP contribution < -0.4 is 0 Å². The van der Waals surface area contributed by atoms with Crippen molar-refractivity contribution in [2.75, 3.05) is 0 Å². The first-order valence-electron chi connectivity index (χ1n) is 3.46. The minimum absolute atomic E-state index is 0.0565. The fourth-order valence-electron chi connectivity index (χ4n) is 1.15. The number of hydroxylamine groups is 2. The van der Waals surface area contributed by atoms with Crippen LogP contribution in [0.15, 0.2) is 0 Å². The summed E-state index contributed by atoms with van der Waals surface area (Å²) in [6.45, 7) is 1.01. The highest BCUT2D eigenvalue weighted by Crippen LogP contribution is 2.56. The fourth-order valence-corrected chi connectivity index (χ4v) is 1.91. The van der Waals surface area contributed by atoms with Gasteiger partial charge in [-0.25, -0.2) is 0 Å². The first-order valence-corrected chi connectivity index (χ1v) is 5.07. The van der Waals surface area contributed by atoms with E-state index in [1.165, 1.54) is 0 Å². The summed E-state index contributed by atoms with van der Waals surface area (Å²) in [6.07, 6.45) is -2.03. The quantitative estimate of drug-likeness (QED) is 0.321. The molecule has 0 bridgehead atoms. The molecule has 13 heavy (non-hydrogen) atoms. The average Bonchev–Trinajstić information content (AvgIpc) is 2.15. The maximum atomic E-state index is 11.1. The van der Waals surface area contributed by atoms with Crippen molar-refractivity contribution in [3.05, 3.63) is 0 Å². The molecule has 0 saturated carbocycles. The summed E-state index contributed by atoms with van der Waals surface area (Å²) >= 11 is 0. The summed E-state index contributed by atoms with van der Waals surface area (Å²) in [7, 11) is -4.67. The summed E-state index contributed by atoms with van der Waals surface area (Å²) in [5.41, 5.74) is 0. The van der Waals surface area contributed by atoms with Crippen molar-refractivity contribution < 1.29 is 29.5 Å². The molecule has 2 atom stereocenters. The molecule has 8 heteroatoms. The molecule has 1 aliphatic heterocycles. The maximum Gasteiger partial charge on any atom is 0.341 e. The lowest BCUT2D eigenvalue weighted by Crippen LogP contribution is -2.36. The Labute approximate surface area is 73.7 Å². The van der Waals surface area contributed by atoms with Crippen LogP contribution in [-0.2, 0) is 9.36 Å². The molecular formula is C5H10NO6P. The van der Waals surface area contributed by atoms with Crippen LogP contribution in [0.4, 0.5) is 0 Å². The zero-order chi connectivity index (χ0) is 10.4. The molecule has 1 rings (SSSR count). The van der Waals surface area contributed by atoms with E-state index in [4.69, 9.17) is 20.1 Å². The zero-order valence-electron chi connectivity index (χ0n) is 6.78. The average molecular weight is 211 g/mol. The Morgan fingerprint density at radius 2 is 2.08 bits per heavy atom. The second kappa shape index (κ2) is 2.76. The van der Waals surface area contributed by atoms with Gasteiger partial charge in [-0.05, 0) is 6.92 Å². The molecule has 7 nitrogen and oxygen atoms in total. The highest BCUT2D eigenvalue weighted by atomic mass is 31.2. The van der Waals surface area contributed by atoms with Crippen LogP contribution in [0.2, 0.25) is 0 Å². The van der Waals surface area contributed by atoms with E-state index < -0.39 is 31.3 Å². The van der Waals surface area contributed by atoms with Crippen molar-refractivity contribution in [3.63, 3.8) is 0 Å². The molecule has 1 amide bonds. The minimum Gasteiger partial charge on any atom is -0.371 e. The number of carbonyl (C=O) groups is 1. The Hall–Kier alpha value is -0.460. The second-order valence-electron chi connectivity index (χ2n) is 3.15. The zero-order valence-corrected chi connectivity index (χ0v) is 7.68. The molecule has 0 aromatic carbocycles. The molecule has 1 saturated heterocycles. The van der Waals surface area contributed by atoms with Crippen LogP contribution in [0, 0.1) is 0 Å². The van der Waals surface area contributed by atoms with Crippen LogP contribution in [0.5, 0.6) is 0 Å². The van der Waals surface area contributed by atoms with E-state index in [1.807, 2.05) is 0 Å². The van der Waals surface area contributed by atoms with Crippen molar-refractivity contribution in [3.8, 4) is 0 Å². The van der Waals surface area contributed by atoms with E-state index in [1.54, 1.807) is 0 Å². The predicted molar refractivity (Wildman–Crippen MR) is 39.7 cm³/mol. The topological polar surface area (TPSA) is 118 Å². The van der Waals surface area contributed by atoms with Gasteiger partial charge < -0.3 is 14.9 Å². The number of nitrogens with zero attached hydrogens (tertiary/aromatic N) is 1. The van der Waals surface area contributed by atoms with Crippen LogP contribution in [0.25, 0.3) is 0 Å². The Morgan fingerprint density at radius 3 is 2.23 bits per heavy atom. The van der Waals surface area contributed by atoms with E-state index in [9.17, 15) is 9.36 Å². The number of aliphatic hydroxyl groups is 1. The molecule has 0 aromatic heterocycles. The lowest BCUT2D eigenvalue weighted by atomic mass is 10.1. The highest BCUT2D eigenvalue weighted by molar-refractivity contribution is 7.54. The van der Waals surface area contributed by atoms with E-state index in [0.29, 0.717) is 0 Å². The van der Waals surface area contributed by atoms with Gasteiger partial charge in [0.1, 0.15) is 0 Å². The number of hydrogen-bond donors (Lipinski definition) is 4. The SMILES string of the molecule is C[C@]1(P(=O)(O)O)C[C@H](O)N(O)C1=O. The molecule has 4 N–H and O–H groups in total. The summed E-state index contributed by atoms with van der Waals surface area (Å²) in [5.74, 6) is -1.16. The number of hydrogen-bond acceptors (Lipinski definition) is 4. The van der Waals surface area contributed by atoms with Gasteiger partial charge in [0.2, 0.25) is 0 Å². The molecule has 0 unspecified atom stereocenters.